The normalized spacial score (nSPS) is 11.4. The molecule has 0 amide bonds. The summed E-state index contributed by atoms with van der Waals surface area (Å²) in [5.74, 6) is 1.40. The van der Waals surface area contributed by atoms with Crippen LogP contribution in [0.25, 0.3) is 0 Å². The molecule has 0 radical (unpaired) electrons. The van der Waals surface area contributed by atoms with Gasteiger partial charge in [0.15, 0.2) is 5.96 Å². The molecule has 0 aliphatic carbocycles. The predicted molar refractivity (Wildman–Crippen MR) is 102 cm³/mol. The zero-order valence-electron chi connectivity index (χ0n) is 15.0. The number of methoxy groups -OCH3 is 1. The number of ether oxygens (including phenoxy) is 2. The molecule has 0 unspecified atom stereocenters. The van der Waals surface area contributed by atoms with Gasteiger partial charge in [0.2, 0.25) is 5.88 Å². The Morgan fingerprint density at radius 2 is 2.12 bits per heavy atom. The van der Waals surface area contributed by atoms with Crippen molar-refractivity contribution in [2.24, 2.45) is 4.99 Å². The lowest BCUT2D eigenvalue weighted by Crippen LogP contribution is -2.36. The van der Waals surface area contributed by atoms with Gasteiger partial charge in [0.1, 0.15) is 6.61 Å². The van der Waals surface area contributed by atoms with E-state index in [0.29, 0.717) is 25.6 Å². The number of hydrogen-bond donors (Lipinski definition) is 2. The first-order valence-electron chi connectivity index (χ1n) is 8.34. The third-order valence-electron chi connectivity index (χ3n) is 3.48. The van der Waals surface area contributed by atoms with Crippen LogP contribution in [0.1, 0.15) is 22.9 Å². The maximum Gasteiger partial charge on any atom is 0.213 e. The third kappa shape index (κ3) is 6.72. The highest BCUT2D eigenvalue weighted by molar-refractivity contribution is 7.10. The van der Waals surface area contributed by atoms with Crippen LogP contribution >= 0.6 is 11.3 Å². The van der Waals surface area contributed by atoms with Crippen LogP contribution in [0.4, 0.5) is 0 Å². The number of nitrogens with zero attached hydrogens (tertiary/aromatic N) is 2. The molecule has 2 rings (SSSR count). The van der Waals surface area contributed by atoms with Gasteiger partial charge in [-0.25, -0.2) is 9.98 Å². The topological polar surface area (TPSA) is 67.8 Å². The van der Waals surface area contributed by atoms with Gasteiger partial charge in [-0.05, 0) is 36.4 Å². The average Bonchev–Trinajstić information content (AvgIpc) is 3.04. The van der Waals surface area contributed by atoms with Crippen molar-refractivity contribution in [3.63, 3.8) is 0 Å². The summed E-state index contributed by atoms with van der Waals surface area (Å²) in [6.07, 6.45) is 1.79. The van der Waals surface area contributed by atoms with Gasteiger partial charge in [-0.1, -0.05) is 6.07 Å². The second-order valence-corrected chi connectivity index (χ2v) is 6.42. The van der Waals surface area contributed by atoms with Crippen LogP contribution in [-0.4, -0.2) is 37.8 Å². The van der Waals surface area contributed by atoms with Crippen molar-refractivity contribution in [1.29, 1.82) is 0 Å². The number of rotatable bonds is 9. The van der Waals surface area contributed by atoms with Gasteiger partial charge in [-0.2, -0.15) is 0 Å². The maximum atomic E-state index is 5.46. The van der Waals surface area contributed by atoms with Gasteiger partial charge in [0, 0.05) is 30.8 Å². The number of aryl methyl sites for hydroxylation is 1. The van der Waals surface area contributed by atoms with E-state index in [1.165, 1.54) is 10.4 Å². The molecule has 136 valence electrons. The smallest absolute Gasteiger partial charge is 0.213 e. The van der Waals surface area contributed by atoms with Crippen LogP contribution in [0.5, 0.6) is 5.88 Å². The van der Waals surface area contributed by atoms with E-state index in [0.717, 1.165) is 24.6 Å². The van der Waals surface area contributed by atoms with Gasteiger partial charge in [0.05, 0.1) is 19.7 Å². The monoisotopic (exact) mass is 362 g/mol. The number of guanidine groups is 1. The van der Waals surface area contributed by atoms with Gasteiger partial charge in [0.25, 0.3) is 0 Å². The lowest BCUT2D eigenvalue weighted by atomic mass is 10.3. The number of aliphatic imine (C=N–C) groups is 1. The molecule has 0 bridgehead atoms. The molecule has 2 heterocycles. The summed E-state index contributed by atoms with van der Waals surface area (Å²) >= 11 is 1.76. The quantitative estimate of drug-likeness (QED) is 0.408. The molecule has 0 saturated heterocycles. The van der Waals surface area contributed by atoms with E-state index in [4.69, 9.17) is 9.47 Å². The Kier molecular flexibility index (Phi) is 8.21. The number of pyridine rings is 1. The average molecular weight is 362 g/mol. The zero-order chi connectivity index (χ0) is 17.9. The van der Waals surface area contributed by atoms with Crippen LogP contribution < -0.4 is 15.4 Å². The van der Waals surface area contributed by atoms with Gasteiger partial charge in [-0.3, -0.25) is 0 Å². The Labute approximate surface area is 153 Å². The van der Waals surface area contributed by atoms with Gasteiger partial charge >= 0.3 is 0 Å². The number of hydrogen-bond acceptors (Lipinski definition) is 5. The van der Waals surface area contributed by atoms with Crippen molar-refractivity contribution in [1.82, 2.24) is 15.6 Å². The maximum absolute atomic E-state index is 5.46. The molecule has 0 aromatic carbocycles. The number of nitrogens with one attached hydrogen (secondary N) is 2. The lowest BCUT2D eigenvalue weighted by molar-refractivity contribution is 0.143. The molecule has 0 atom stereocenters. The second kappa shape index (κ2) is 10.7. The van der Waals surface area contributed by atoms with Crippen molar-refractivity contribution in [2.45, 2.75) is 26.9 Å². The predicted octanol–water partition coefficient (Wildman–Crippen LogP) is 2.73. The van der Waals surface area contributed by atoms with Crippen LogP contribution in [-0.2, 0) is 17.8 Å². The largest absolute Gasteiger partial charge is 0.475 e. The molecule has 6 nitrogen and oxygen atoms in total. The standard InChI is InChI=1S/C18H26N4O2S/c1-4-19-18(22-13-16-14(2)7-10-25-16)21-12-15-5-6-17(20-11-15)24-9-8-23-3/h5-7,10-11H,4,8-9,12-13H2,1-3H3,(H2,19,21,22). The van der Waals surface area contributed by atoms with E-state index in [2.05, 4.69) is 45.9 Å². The Hall–Kier alpha value is -2.12. The Balaban J connectivity index is 1.88. The van der Waals surface area contributed by atoms with E-state index < -0.39 is 0 Å². The summed E-state index contributed by atoms with van der Waals surface area (Å²) in [7, 11) is 1.65. The van der Waals surface area contributed by atoms with Crippen LogP contribution in [0, 0.1) is 6.92 Å². The lowest BCUT2D eigenvalue weighted by Gasteiger charge is -2.11. The highest BCUT2D eigenvalue weighted by Gasteiger charge is 2.03. The molecular formula is C18H26N4O2S. The molecule has 0 aliphatic rings. The Bertz CT molecular complexity index is 655. The number of thiophene rings is 1. The van der Waals surface area contributed by atoms with Gasteiger partial charge in [-0.15, -0.1) is 11.3 Å². The first-order valence-corrected chi connectivity index (χ1v) is 9.22. The minimum absolute atomic E-state index is 0.498. The third-order valence-corrected chi connectivity index (χ3v) is 4.51. The van der Waals surface area contributed by atoms with E-state index >= 15 is 0 Å². The molecular weight excluding hydrogens is 336 g/mol. The molecule has 0 aliphatic heterocycles. The van der Waals surface area contributed by atoms with Gasteiger partial charge < -0.3 is 20.1 Å². The van der Waals surface area contributed by atoms with Crippen molar-refractivity contribution < 1.29 is 9.47 Å². The van der Waals surface area contributed by atoms with Crippen molar-refractivity contribution in [3.05, 3.63) is 45.8 Å². The summed E-state index contributed by atoms with van der Waals surface area (Å²) in [5, 5.41) is 8.74. The summed E-state index contributed by atoms with van der Waals surface area (Å²) in [6, 6.07) is 5.97. The fourth-order valence-corrected chi connectivity index (χ4v) is 2.93. The molecule has 2 aromatic heterocycles. The number of aromatic nitrogens is 1. The van der Waals surface area contributed by atoms with Crippen molar-refractivity contribution >= 4 is 17.3 Å². The van der Waals surface area contributed by atoms with Crippen LogP contribution in [0.2, 0.25) is 0 Å². The first kappa shape index (κ1) is 19.2. The van der Waals surface area contributed by atoms with E-state index in [1.807, 2.05) is 12.1 Å². The Morgan fingerprint density at radius 3 is 2.76 bits per heavy atom. The minimum atomic E-state index is 0.498. The summed E-state index contributed by atoms with van der Waals surface area (Å²) < 4.78 is 10.4. The van der Waals surface area contributed by atoms with Crippen molar-refractivity contribution in [3.8, 4) is 5.88 Å². The first-order chi connectivity index (χ1) is 12.2. The SMILES string of the molecule is CCNC(=NCc1ccc(OCCOC)nc1)NCc1sccc1C. The molecule has 25 heavy (non-hydrogen) atoms. The molecule has 2 N–H and O–H groups in total. The highest BCUT2D eigenvalue weighted by atomic mass is 32.1. The van der Waals surface area contributed by atoms with Crippen LogP contribution in [0.15, 0.2) is 34.8 Å². The van der Waals surface area contributed by atoms with E-state index in [9.17, 15) is 0 Å². The Morgan fingerprint density at radius 1 is 1.24 bits per heavy atom. The fraction of sp³-hybridized carbons (Fsp3) is 0.444. The van der Waals surface area contributed by atoms with Crippen molar-refractivity contribution in [2.75, 3.05) is 26.9 Å². The molecule has 7 heteroatoms. The van der Waals surface area contributed by atoms with Crippen LogP contribution in [0.3, 0.4) is 0 Å². The molecule has 0 fully saturated rings. The molecule has 0 spiro atoms. The summed E-state index contributed by atoms with van der Waals surface area (Å²) in [6.45, 7) is 7.39. The zero-order valence-corrected chi connectivity index (χ0v) is 15.9. The molecule has 2 aromatic rings. The highest BCUT2D eigenvalue weighted by Crippen LogP contribution is 2.14. The summed E-state index contributed by atoms with van der Waals surface area (Å²) in [5.41, 5.74) is 2.34. The fourth-order valence-electron chi connectivity index (χ4n) is 2.08. The van der Waals surface area contributed by atoms with E-state index in [1.54, 1.807) is 24.6 Å². The molecule has 0 saturated carbocycles. The van der Waals surface area contributed by atoms with E-state index in [-0.39, 0.29) is 0 Å². The minimum Gasteiger partial charge on any atom is -0.475 e. The second-order valence-electron chi connectivity index (χ2n) is 5.42. The summed E-state index contributed by atoms with van der Waals surface area (Å²) in [4.78, 5) is 10.2.